The Labute approximate surface area is 113 Å². The average Bonchev–Trinajstić information content (AvgIpc) is 2.55. The number of pyridine rings is 1. The van der Waals surface area contributed by atoms with Gasteiger partial charge in [0, 0.05) is 25.2 Å². The zero-order valence-corrected chi connectivity index (χ0v) is 11.4. The van der Waals surface area contributed by atoms with E-state index in [2.05, 4.69) is 21.8 Å². The van der Waals surface area contributed by atoms with Gasteiger partial charge in [-0.2, -0.15) is 0 Å². The molecular formula is C13H19ClN4. The fourth-order valence-corrected chi connectivity index (χ4v) is 3.47. The van der Waals surface area contributed by atoms with Crippen LogP contribution in [-0.4, -0.2) is 42.1 Å². The summed E-state index contributed by atoms with van der Waals surface area (Å²) in [6.07, 6.45) is 5.49. The molecule has 3 rings (SSSR count). The summed E-state index contributed by atoms with van der Waals surface area (Å²) in [6, 6.07) is 3.15. The SMILES string of the molecule is CN1C2CCC1CN(c1ncc(N)cc1Cl)CC2. The van der Waals surface area contributed by atoms with Gasteiger partial charge in [-0.15, -0.1) is 0 Å². The van der Waals surface area contributed by atoms with Crippen LogP contribution >= 0.6 is 11.6 Å². The molecule has 2 unspecified atom stereocenters. The molecule has 2 N–H and O–H groups in total. The zero-order chi connectivity index (χ0) is 12.7. The van der Waals surface area contributed by atoms with Crippen molar-refractivity contribution in [1.82, 2.24) is 9.88 Å². The predicted molar refractivity (Wildman–Crippen MR) is 75.1 cm³/mol. The van der Waals surface area contributed by atoms with Gasteiger partial charge in [-0.25, -0.2) is 4.98 Å². The number of nitrogen functional groups attached to an aromatic ring is 1. The monoisotopic (exact) mass is 266 g/mol. The van der Waals surface area contributed by atoms with Gasteiger partial charge in [-0.3, -0.25) is 4.90 Å². The number of halogens is 1. The number of nitrogens with two attached hydrogens (primary N) is 1. The smallest absolute Gasteiger partial charge is 0.147 e. The standard InChI is InChI=1S/C13H19ClN4/c1-17-10-2-3-11(17)8-18(5-4-10)13-12(14)6-9(15)7-16-13/h6-7,10-11H,2-5,8,15H2,1H3. The maximum Gasteiger partial charge on any atom is 0.147 e. The molecule has 2 saturated heterocycles. The highest BCUT2D eigenvalue weighted by molar-refractivity contribution is 6.33. The molecule has 0 amide bonds. The molecule has 1 aromatic rings. The number of likely N-dealkylation sites (N-methyl/N-ethyl adjacent to an activating group) is 1. The Morgan fingerprint density at radius 1 is 1.33 bits per heavy atom. The van der Waals surface area contributed by atoms with E-state index in [1.807, 2.05) is 0 Å². The van der Waals surface area contributed by atoms with E-state index in [-0.39, 0.29) is 0 Å². The van der Waals surface area contributed by atoms with Crippen LogP contribution in [0.25, 0.3) is 0 Å². The number of aromatic nitrogens is 1. The molecule has 2 aliphatic heterocycles. The van der Waals surface area contributed by atoms with Crippen molar-refractivity contribution >= 4 is 23.1 Å². The Bertz CT molecular complexity index is 451. The summed E-state index contributed by atoms with van der Waals surface area (Å²) in [5, 5.41) is 0.662. The molecule has 5 heteroatoms. The van der Waals surface area contributed by atoms with Crippen LogP contribution in [0.5, 0.6) is 0 Å². The van der Waals surface area contributed by atoms with Crippen molar-refractivity contribution in [2.45, 2.75) is 31.3 Å². The third-order valence-electron chi connectivity index (χ3n) is 4.29. The van der Waals surface area contributed by atoms with Crippen molar-refractivity contribution in [3.05, 3.63) is 17.3 Å². The van der Waals surface area contributed by atoms with Gasteiger partial charge in [0.2, 0.25) is 0 Å². The molecule has 0 saturated carbocycles. The minimum Gasteiger partial charge on any atom is -0.397 e. The van der Waals surface area contributed by atoms with Gasteiger partial charge in [0.25, 0.3) is 0 Å². The first-order chi connectivity index (χ1) is 8.65. The van der Waals surface area contributed by atoms with E-state index in [1.165, 1.54) is 19.3 Å². The van der Waals surface area contributed by atoms with Crippen molar-refractivity contribution in [3.63, 3.8) is 0 Å². The molecule has 98 valence electrons. The third-order valence-corrected chi connectivity index (χ3v) is 4.57. The second-order valence-electron chi connectivity index (χ2n) is 5.36. The predicted octanol–water partition coefficient (Wildman–Crippen LogP) is 1.99. The quantitative estimate of drug-likeness (QED) is 0.844. The van der Waals surface area contributed by atoms with Crippen LogP contribution in [0.15, 0.2) is 12.3 Å². The molecule has 3 heterocycles. The Hall–Kier alpha value is -1.00. The van der Waals surface area contributed by atoms with Gasteiger partial charge in [-0.05, 0) is 32.4 Å². The summed E-state index contributed by atoms with van der Waals surface area (Å²) in [4.78, 5) is 9.23. The van der Waals surface area contributed by atoms with Crippen LogP contribution in [0.3, 0.4) is 0 Å². The van der Waals surface area contributed by atoms with E-state index in [9.17, 15) is 0 Å². The summed E-state index contributed by atoms with van der Waals surface area (Å²) in [7, 11) is 2.24. The van der Waals surface area contributed by atoms with Crippen LogP contribution < -0.4 is 10.6 Å². The number of hydrogen-bond donors (Lipinski definition) is 1. The van der Waals surface area contributed by atoms with Crippen molar-refractivity contribution in [1.29, 1.82) is 0 Å². The van der Waals surface area contributed by atoms with E-state index in [1.54, 1.807) is 12.3 Å². The minimum absolute atomic E-state index is 0.622. The normalized spacial score (nSPS) is 28.4. The van der Waals surface area contributed by atoms with Gasteiger partial charge in [0.15, 0.2) is 0 Å². The Morgan fingerprint density at radius 3 is 2.89 bits per heavy atom. The van der Waals surface area contributed by atoms with E-state index in [0.29, 0.717) is 16.8 Å². The molecule has 0 radical (unpaired) electrons. The van der Waals surface area contributed by atoms with Crippen LogP contribution in [-0.2, 0) is 0 Å². The fraction of sp³-hybridized carbons (Fsp3) is 0.615. The van der Waals surface area contributed by atoms with Crippen molar-refractivity contribution < 1.29 is 0 Å². The van der Waals surface area contributed by atoms with Gasteiger partial charge in [0.1, 0.15) is 5.82 Å². The van der Waals surface area contributed by atoms with E-state index >= 15 is 0 Å². The van der Waals surface area contributed by atoms with Gasteiger partial charge in [-0.1, -0.05) is 11.6 Å². The molecule has 0 spiro atoms. The number of hydrogen-bond acceptors (Lipinski definition) is 4. The lowest BCUT2D eigenvalue weighted by molar-refractivity contribution is 0.254. The number of rotatable bonds is 1. The first kappa shape index (κ1) is 12.1. The molecule has 2 aliphatic rings. The van der Waals surface area contributed by atoms with Gasteiger partial charge < -0.3 is 10.6 Å². The second-order valence-corrected chi connectivity index (χ2v) is 5.77. The van der Waals surface area contributed by atoms with Crippen molar-refractivity contribution in [2.24, 2.45) is 0 Å². The number of anilines is 2. The maximum atomic E-state index is 6.26. The molecule has 4 nitrogen and oxygen atoms in total. The van der Waals surface area contributed by atoms with Gasteiger partial charge >= 0.3 is 0 Å². The fourth-order valence-electron chi connectivity index (χ4n) is 3.18. The van der Waals surface area contributed by atoms with Crippen LogP contribution in [0, 0.1) is 0 Å². The highest BCUT2D eigenvalue weighted by Gasteiger charge is 2.35. The number of nitrogens with zero attached hydrogens (tertiary/aromatic N) is 3. The van der Waals surface area contributed by atoms with Crippen LogP contribution in [0.2, 0.25) is 5.02 Å². The minimum atomic E-state index is 0.622. The molecule has 2 bridgehead atoms. The summed E-state index contributed by atoms with van der Waals surface area (Å²) < 4.78 is 0. The molecule has 0 aromatic carbocycles. The lowest BCUT2D eigenvalue weighted by atomic mass is 10.1. The highest BCUT2D eigenvalue weighted by atomic mass is 35.5. The zero-order valence-electron chi connectivity index (χ0n) is 10.6. The molecule has 1 aromatic heterocycles. The van der Waals surface area contributed by atoms with Crippen LogP contribution in [0.4, 0.5) is 11.5 Å². The van der Waals surface area contributed by atoms with Crippen molar-refractivity contribution in [2.75, 3.05) is 30.8 Å². The van der Waals surface area contributed by atoms with E-state index in [4.69, 9.17) is 17.3 Å². The second kappa shape index (κ2) is 4.59. The first-order valence-electron chi connectivity index (χ1n) is 6.53. The van der Waals surface area contributed by atoms with Gasteiger partial charge in [0.05, 0.1) is 16.9 Å². The lowest BCUT2D eigenvalue weighted by Gasteiger charge is -2.27. The molecular weight excluding hydrogens is 248 g/mol. The Morgan fingerprint density at radius 2 is 2.11 bits per heavy atom. The molecule has 2 atom stereocenters. The summed E-state index contributed by atoms with van der Waals surface area (Å²) >= 11 is 6.26. The molecule has 2 fully saturated rings. The first-order valence-corrected chi connectivity index (χ1v) is 6.91. The largest absolute Gasteiger partial charge is 0.397 e. The Kier molecular flexibility index (Phi) is 3.08. The van der Waals surface area contributed by atoms with E-state index < -0.39 is 0 Å². The number of fused-ring (bicyclic) bond motifs is 2. The van der Waals surface area contributed by atoms with Crippen LogP contribution in [0.1, 0.15) is 19.3 Å². The average molecular weight is 267 g/mol. The lowest BCUT2D eigenvalue weighted by Crippen LogP contribution is -2.37. The maximum absolute atomic E-state index is 6.26. The highest BCUT2D eigenvalue weighted by Crippen LogP contribution is 2.32. The molecule has 18 heavy (non-hydrogen) atoms. The summed E-state index contributed by atoms with van der Waals surface area (Å²) in [5.74, 6) is 0.881. The summed E-state index contributed by atoms with van der Waals surface area (Å²) in [6.45, 7) is 2.05. The topological polar surface area (TPSA) is 45.4 Å². The van der Waals surface area contributed by atoms with Crippen molar-refractivity contribution in [3.8, 4) is 0 Å². The van der Waals surface area contributed by atoms with E-state index in [0.717, 1.165) is 24.9 Å². The summed E-state index contributed by atoms with van der Waals surface area (Å²) in [5.41, 5.74) is 6.32. The Balaban J connectivity index is 1.84. The molecule has 0 aliphatic carbocycles. The third kappa shape index (κ3) is 2.04.